The van der Waals surface area contributed by atoms with E-state index in [4.69, 9.17) is 0 Å². The highest BCUT2D eigenvalue weighted by molar-refractivity contribution is 5.75. The van der Waals surface area contributed by atoms with Crippen molar-refractivity contribution in [3.63, 3.8) is 0 Å². The van der Waals surface area contributed by atoms with Gasteiger partial charge in [-0.1, -0.05) is 75.2 Å². The van der Waals surface area contributed by atoms with Gasteiger partial charge in [0.05, 0.1) is 0 Å². The predicted octanol–water partition coefficient (Wildman–Crippen LogP) is 5.62. The molecule has 0 spiro atoms. The molecular formula is C18H24. The molecule has 1 aromatic carbocycles. The van der Waals surface area contributed by atoms with E-state index in [1.54, 1.807) is 0 Å². The third-order valence-electron chi connectivity index (χ3n) is 4.18. The van der Waals surface area contributed by atoms with Crippen LogP contribution >= 0.6 is 0 Å². The molecule has 0 nitrogen and oxygen atoms in total. The van der Waals surface area contributed by atoms with Crippen molar-refractivity contribution in [3.05, 3.63) is 54.1 Å². The molecule has 1 aliphatic rings. The first-order chi connectivity index (χ1) is 8.79. The first-order valence-electron chi connectivity index (χ1n) is 7.24. The Morgan fingerprint density at radius 2 is 1.89 bits per heavy atom. The van der Waals surface area contributed by atoms with E-state index in [0.717, 1.165) is 0 Å². The number of allylic oxidation sites excluding steroid dienone is 4. The molecule has 0 saturated heterocycles. The van der Waals surface area contributed by atoms with Crippen molar-refractivity contribution < 1.29 is 0 Å². The maximum absolute atomic E-state index is 2.46. The van der Waals surface area contributed by atoms with E-state index < -0.39 is 0 Å². The van der Waals surface area contributed by atoms with Gasteiger partial charge < -0.3 is 0 Å². The Morgan fingerprint density at radius 1 is 1.11 bits per heavy atom. The second-order valence-electron chi connectivity index (χ2n) is 5.38. The zero-order valence-corrected chi connectivity index (χ0v) is 11.7. The predicted molar refractivity (Wildman–Crippen MR) is 80.4 cm³/mol. The van der Waals surface area contributed by atoms with E-state index in [0.29, 0.717) is 5.41 Å². The summed E-state index contributed by atoms with van der Waals surface area (Å²) in [5, 5.41) is 0. The molecule has 0 aliphatic heterocycles. The normalized spacial score (nSPS) is 22.9. The van der Waals surface area contributed by atoms with E-state index >= 15 is 0 Å². The average molecular weight is 240 g/mol. The molecular weight excluding hydrogens is 216 g/mol. The summed E-state index contributed by atoms with van der Waals surface area (Å²) in [5.41, 5.74) is 3.15. The minimum atomic E-state index is 0.425. The van der Waals surface area contributed by atoms with Crippen LogP contribution in [0.4, 0.5) is 0 Å². The van der Waals surface area contributed by atoms with Gasteiger partial charge in [0.15, 0.2) is 0 Å². The van der Waals surface area contributed by atoms with Gasteiger partial charge in [-0.05, 0) is 35.8 Å². The Labute approximate surface area is 111 Å². The van der Waals surface area contributed by atoms with Gasteiger partial charge >= 0.3 is 0 Å². The van der Waals surface area contributed by atoms with Gasteiger partial charge in [-0.25, -0.2) is 0 Å². The fourth-order valence-electron chi connectivity index (χ4n) is 2.71. The summed E-state index contributed by atoms with van der Waals surface area (Å²) >= 11 is 0. The van der Waals surface area contributed by atoms with E-state index in [9.17, 15) is 0 Å². The first kappa shape index (κ1) is 13.1. The fourth-order valence-corrected chi connectivity index (χ4v) is 2.71. The van der Waals surface area contributed by atoms with Crippen LogP contribution in [0.1, 0.15) is 51.5 Å². The van der Waals surface area contributed by atoms with Crippen molar-refractivity contribution in [1.29, 1.82) is 0 Å². The third-order valence-corrected chi connectivity index (χ3v) is 4.18. The summed E-state index contributed by atoms with van der Waals surface area (Å²) in [6, 6.07) is 10.7. The molecule has 96 valence electrons. The van der Waals surface area contributed by atoms with Crippen molar-refractivity contribution >= 4 is 5.57 Å². The lowest BCUT2D eigenvalue weighted by molar-refractivity contribution is 0.328. The van der Waals surface area contributed by atoms with Crippen LogP contribution < -0.4 is 0 Å². The van der Waals surface area contributed by atoms with Crippen molar-refractivity contribution in [2.75, 3.05) is 0 Å². The minimum Gasteiger partial charge on any atom is -0.0774 e. The average Bonchev–Trinajstić information content (AvgIpc) is 2.47. The Bertz CT molecular complexity index is 425. The second kappa shape index (κ2) is 6.04. The molecule has 18 heavy (non-hydrogen) atoms. The van der Waals surface area contributed by atoms with Gasteiger partial charge in [-0.15, -0.1) is 0 Å². The maximum Gasteiger partial charge on any atom is -0.00827 e. The van der Waals surface area contributed by atoms with Gasteiger partial charge in [-0.3, -0.25) is 0 Å². The maximum atomic E-state index is 2.46. The summed E-state index contributed by atoms with van der Waals surface area (Å²) in [7, 11) is 0. The second-order valence-corrected chi connectivity index (χ2v) is 5.38. The smallest absolute Gasteiger partial charge is 0.00827 e. The molecule has 1 aliphatic carbocycles. The van der Waals surface area contributed by atoms with Crippen molar-refractivity contribution in [2.24, 2.45) is 5.41 Å². The molecule has 0 amide bonds. The van der Waals surface area contributed by atoms with E-state index in [1.807, 2.05) is 0 Å². The number of hydrogen-bond donors (Lipinski definition) is 0. The SMILES string of the molecule is CCCCC1(CC)C=CC(c2ccccc2)=CC1. The van der Waals surface area contributed by atoms with E-state index in [1.165, 1.54) is 43.2 Å². The lowest BCUT2D eigenvalue weighted by atomic mass is 9.73. The van der Waals surface area contributed by atoms with Crippen LogP contribution in [0.5, 0.6) is 0 Å². The van der Waals surface area contributed by atoms with Gasteiger partial charge in [0, 0.05) is 0 Å². The van der Waals surface area contributed by atoms with E-state index in [-0.39, 0.29) is 0 Å². The molecule has 0 radical (unpaired) electrons. The monoisotopic (exact) mass is 240 g/mol. The molecule has 0 aromatic heterocycles. The summed E-state index contributed by atoms with van der Waals surface area (Å²) in [4.78, 5) is 0. The Kier molecular flexibility index (Phi) is 4.41. The van der Waals surface area contributed by atoms with Gasteiger partial charge in [0.25, 0.3) is 0 Å². The zero-order chi connectivity index (χ0) is 12.8. The van der Waals surface area contributed by atoms with Gasteiger partial charge in [-0.2, -0.15) is 0 Å². The number of benzene rings is 1. The van der Waals surface area contributed by atoms with Crippen molar-refractivity contribution in [2.45, 2.75) is 46.0 Å². The lowest BCUT2D eigenvalue weighted by Gasteiger charge is -2.31. The lowest BCUT2D eigenvalue weighted by Crippen LogP contribution is -2.18. The molecule has 1 unspecified atom stereocenters. The molecule has 0 heteroatoms. The quantitative estimate of drug-likeness (QED) is 0.627. The number of unbranched alkanes of at least 4 members (excludes halogenated alkanes) is 1. The molecule has 2 rings (SSSR count). The van der Waals surface area contributed by atoms with Crippen LogP contribution in [0.3, 0.4) is 0 Å². The highest BCUT2D eigenvalue weighted by atomic mass is 14.3. The Balaban J connectivity index is 2.10. The molecule has 0 bridgehead atoms. The zero-order valence-electron chi connectivity index (χ0n) is 11.7. The highest BCUT2D eigenvalue weighted by Gasteiger charge is 2.25. The van der Waals surface area contributed by atoms with Gasteiger partial charge in [0.1, 0.15) is 0 Å². The Hall–Kier alpha value is -1.30. The third kappa shape index (κ3) is 2.93. The molecule has 0 fully saturated rings. The minimum absolute atomic E-state index is 0.425. The summed E-state index contributed by atoms with van der Waals surface area (Å²) < 4.78 is 0. The van der Waals surface area contributed by atoms with Crippen LogP contribution in [0.15, 0.2) is 48.6 Å². The largest absolute Gasteiger partial charge is 0.0774 e. The molecule has 0 N–H and O–H groups in total. The topological polar surface area (TPSA) is 0 Å². The molecule has 1 aromatic rings. The van der Waals surface area contributed by atoms with Crippen LogP contribution in [0.2, 0.25) is 0 Å². The molecule has 1 atom stereocenters. The fraction of sp³-hybridized carbons (Fsp3) is 0.444. The summed E-state index contributed by atoms with van der Waals surface area (Å²) in [6.07, 6.45) is 13.6. The van der Waals surface area contributed by atoms with Crippen molar-refractivity contribution in [1.82, 2.24) is 0 Å². The van der Waals surface area contributed by atoms with Crippen LogP contribution in [-0.2, 0) is 0 Å². The summed E-state index contributed by atoms with van der Waals surface area (Å²) in [5.74, 6) is 0. The summed E-state index contributed by atoms with van der Waals surface area (Å²) in [6.45, 7) is 4.60. The van der Waals surface area contributed by atoms with Crippen LogP contribution in [0, 0.1) is 5.41 Å². The molecule has 0 saturated carbocycles. The van der Waals surface area contributed by atoms with Crippen LogP contribution in [-0.4, -0.2) is 0 Å². The molecule has 0 heterocycles. The standard InChI is InChI=1S/C18H24/c1-3-5-13-18(4-2)14-11-17(12-15-18)16-9-7-6-8-10-16/h6-12,14H,3-5,13,15H2,1-2H3. The van der Waals surface area contributed by atoms with Gasteiger partial charge in [0.2, 0.25) is 0 Å². The number of rotatable bonds is 5. The van der Waals surface area contributed by atoms with E-state index in [2.05, 4.69) is 62.4 Å². The number of hydrogen-bond acceptors (Lipinski definition) is 0. The van der Waals surface area contributed by atoms with Crippen LogP contribution in [0.25, 0.3) is 5.57 Å². The first-order valence-corrected chi connectivity index (χ1v) is 7.24. The van der Waals surface area contributed by atoms with Crippen molar-refractivity contribution in [3.8, 4) is 0 Å². The Morgan fingerprint density at radius 3 is 2.44 bits per heavy atom. The highest BCUT2D eigenvalue weighted by Crippen LogP contribution is 2.39.